The zero-order valence-corrected chi connectivity index (χ0v) is 19.9. The number of hydrogen-bond acceptors (Lipinski definition) is 8. The number of H-pyrrole nitrogens is 1. The highest BCUT2D eigenvalue weighted by atomic mass is 35.5. The predicted octanol–water partition coefficient (Wildman–Crippen LogP) is 4.95. The lowest BCUT2D eigenvalue weighted by atomic mass is 10.1. The lowest BCUT2D eigenvalue weighted by Crippen LogP contribution is -2.18. The Morgan fingerprint density at radius 3 is 2.95 bits per heavy atom. The Hall–Kier alpha value is -4.53. The van der Waals surface area contributed by atoms with Gasteiger partial charge >= 0.3 is 0 Å². The van der Waals surface area contributed by atoms with Gasteiger partial charge in [-0.3, -0.25) is 4.79 Å². The summed E-state index contributed by atoms with van der Waals surface area (Å²) >= 11 is 5.92. The fraction of sp³-hybridized carbons (Fsp3) is 0.160. The van der Waals surface area contributed by atoms with Crippen LogP contribution in [0.3, 0.4) is 0 Å². The number of amides is 1. The second kappa shape index (κ2) is 10.6. The summed E-state index contributed by atoms with van der Waals surface area (Å²) in [6.07, 6.45) is 6.74. The van der Waals surface area contributed by atoms with Crippen molar-refractivity contribution in [3.8, 4) is 11.8 Å². The molecule has 1 fully saturated rings. The number of rotatable bonds is 7. The molecule has 0 bridgehead atoms. The number of aromatic amines is 1. The molecule has 37 heavy (non-hydrogen) atoms. The van der Waals surface area contributed by atoms with Crippen molar-refractivity contribution in [1.82, 2.24) is 19.9 Å². The molecule has 12 heteroatoms. The van der Waals surface area contributed by atoms with Crippen molar-refractivity contribution in [1.29, 1.82) is 5.26 Å². The molecule has 0 radical (unpaired) electrons. The molecule has 1 amide bonds. The Bertz CT molecular complexity index is 1530. The molecule has 0 spiro atoms. The van der Waals surface area contributed by atoms with Gasteiger partial charge in [0, 0.05) is 23.6 Å². The number of halogens is 2. The van der Waals surface area contributed by atoms with Gasteiger partial charge in [-0.25, -0.2) is 19.3 Å². The number of fused-ring (bicyclic) bond motifs is 1. The van der Waals surface area contributed by atoms with Crippen LogP contribution in [-0.4, -0.2) is 38.7 Å². The van der Waals surface area contributed by atoms with Crippen molar-refractivity contribution in [2.45, 2.75) is 19.1 Å². The van der Waals surface area contributed by atoms with Crippen molar-refractivity contribution >= 4 is 51.7 Å². The third-order valence-corrected chi connectivity index (χ3v) is 5.79. The summed E-state index contributed by atoms with van der Waals surface area (Å²) in [5.41, 5.74) is 1.67. The van der Waals surface area contributed by atoms with E-state index >= 15 is 0 Å². The minimum Gasteiger partial charge on any atom is -0.463 e. The maximum atomic E-state index is 13.6. The van der Waals surface area contributed by atoms with E-state index in [1.807, 2.05) is 6.07 Å². The quantitative estimate of drug-likeness (QED) is 0.230. The Kier molecular flexibility index (Phi) is 6.93. The molecule has 3 heterocycles. The number of anilines is 3. The SMILES string of the molecule is N#C/C(=C\c1cnc[nH]1)C(=O)Nc1cc2c(Nc3ccc(F)c(Cl)c3)ncnc2cc1O[C@H]1CCCO1. The van der Waals surface area contributed by atoms with Gasteiger partial charge in [0.15, 0.2) is 6.29 Å². The Morgan fingerprint density at radius 1 is 1.32 bits per heavy atom. The molecule has 4 aromatic rings. The molecule has 1 saturated heterocycles. The zero-order valence-electron chi connectivity index (χ0n) is 19.2. The van der Waals surface area contributed by atoms with Crippen LogP contribution in [0.25, 0.3) is 17.0 Å². The number of carbonyl (C=O) groups excluding carboxylic acids is 1. The van der Waals surface area contributed by atoms with E-state index in [1.54, 1.807) is 12.1 Å². The molecule has 186 valence electrons. The monoisotopic (exact) mass is 519 g/mol. The lowest BCUT2D eigenvalue weighted by molar-refractivity contribution is -0.112. The maximum absolute atomic E-state index is 13.6. The number of ether oxygens (including phenoxy) is 2. The summed E-state index contributed by atoms with van der Waals surface area (Å²) in [6.45, 7) is 0.571. The first-order chi connectivity index (χ1) is 18.0. The minimum absolute atomic E-state index is 0.0448. The first kappa shape index (κ1) is 24.2. The topological polar surface area (TPSA) is 138 Å². The van der Waals surface area contributed by atoms with Crippen LogP contribution in [0.1, 0.15) is 18.5 Å². The molecule has 2 aromatic carbocycles. The standard InChI is InChI=1S/C25H19ClFN7O3/c26-18-7-15(3-4-19(18)27)33-24-17-8-21(34-25(35)14(10-28)6-16-11-29-12-30-16)22(9-20(17)31-13-32-24)37-23-2-1-5-36-23/h3-4,6-9,11-13,23H,1-2,5H2,(H,29,30)(H,34,35)(H,31,32,33)/b14-6+/t23-/m0/s1. The van der Waals surface area contributed by atoms with Gasteiger partial charge in [-0.15, -0.1) is 0 Å². The molecule has 3 N–H and O–H groups in total. The molecule has 0 unspecified atom stereocenters. The van der Waals surface area contributed by atoms with E-state index in [1.165, 1.54) is 43.1 Å². The number of hydrogen-bond donors (Lipinski definition) is 3. The van der Waals surface area contributed by atoms with E-state index in [2.05, 4.69) is 30.6 Å². The maximum Gasteiger partial charge on any atom is 0.266 e. The first-order valence-electron chi connectivity index (χ1n) is 11.2. The van der Waals surface area contributed by atoms with Crippen LogP contribution >= 0.6 is 11.6 Å². The van der Waals surface area contributed by atoms with Crippen LogP contribution in [0, 0.1) is 17.1 Å². The lowest BCUT2D eigenvalue weighted by Gasteiger charge is -2.18. The van der Waals surface area contributed by atoms with E-state index in [9.17, 15) is 14.4 Å². The molecule has 1 aliphatic rings. The predicted molar refractivity (Wildman–Crippen MR) is 135 cm³/mol. The zero-order chi connectivity index (χ0) is 25.8. The molecule has 1 aliphatic heterocycles. The van der Waals surface area contributed by atoms with E-state index in [4.69, 9.17) is 21.1 Å². The summed E-state index contributed by atoms with van der Waals surface area (Å²) in [6, 6.07) is 9.38. The summed E-state index contributed by atoms with van der Waals surface area (Å²) < 4.78 is 25.2. The van der Waals surface area contributed by atoms with Gasteiger partial charge in [0.1, 0.15) is 35.4 Å². The largest absolute Gasteiger partial charge is 0.463 e. The third-order valence-electron chi connectivity index (χ3n) is 5.50. The van der Waals surface area contributed by atoms with E-state index < -0.39 is 18.0 Å². The van der Waals surface area contributed by atoms with Crippen LogP contribution < -0.4 is 15.4 Å². The number of nitrogens with zero attached hydrogens (tertiary/aromatic N) is 4. The molecule has 0 saturated carbocycles. The van der Waals surface area contributed by atoms with Gasteiger partial charge in [0.05, 0.1) is 41.1 Å². The molecule has 10 nitrogen and oxygen atoms in total. The highest BCUT2D eigenvalue weighted by Gasteiger charge is 2.22. The Balaban J connectivity index is 1.53. The van der Waals surface area contributed by atoms with E-state index in [-0.39, 0.29) is 16.3 Å². The number of aromatic nitrogens is 4. The Morgan fingerprint density at radius 2 is 2.22 bits per heavy atom. The minimum atomic E-state index is -0.648. The molecular formula is C25H19ClFN7O3. The normalized spacial score (nSPS) is 15.4. The number of nitrogens with one attached hydrogen (secondary N) is 3. The fourth-order valence-electron chi connectivity index (χ4n) is 3.71. The third kappa shape index (κ3) is 5.50. The number of benzene rings is 2. The number of imidazole rings is 1. The van der Waals surface area contributed by atoms with Gasteiger partial charge in [-0.2, -0.15) is 5.26 Å². The van der Waals surface area contributed by atoms with Crippen LogP contribution in [0.2, 0.25) is 5.02 Å². The molecular weight excluding hydrogens is 501 g/mol. The van der Waals surface area contributed by atoms with Crippen LogP contribution in [0.5, 0.6) is 5.75 Å². The fourth-order valence-corrected chi connectivity index (χ4v) is 3.89. The second-order valence-corrected chi connectivity index (χ2v) is 8.44. The first-order valence-corrected chi connectivity index (χ1v) is 11.6. The van der Waals surface area contributed by atoms with Crippen molar-refractivity contribution in [3.63, 3.8) is 0 Å². The summed E-state index contributed by atoms with van der Waals surface area (Å²) in [5.74, 6) is -0.483. The van der Waals surface area contributed by atoms with Gasteiger partial charge in [0.2, 0.25) is 0 Å². The van der Waals surface area contributed by atoms with Crippen molar-refractivity contribution in [3.05, 3.63) is 71.3 Å². The van der Waals surface area contributed by atoms with Gasteiger partial charge in [-0.05, 0) is 36.8 Å². The van der Waals surface area contributed by atoms with Crippen molar-refractivity contribution < 1.29 is 18.7 Å². The van der Waals surface area contributed by atoms with Crippen molar-refractivity contribution in [2.75, 3.05) is 17.2 Å². The number of nitriles is 1. The smallest absolute Gasteiger partial charge is 0.266 e. The molecule has 1 atom stereocenters. The second-order valence-electron chi connectivity index (χ2n) is 8.03. The summed E-state index contributed by atoms with van der Waals surface area (Å²) in [5, 5.41) is 15.9. The van der Waals surface area contributed by atoms with Gasteiger partial charge in [-0.1, -0.05) is 11.6 Å². The summed E-state index contributed by atoms with van der Waals surface area (Å²) in [7, 11) is 0. The van der Waals surface area contributed by atoms with Crippen LogP contribution in [-0.2, 0) is 9.53 Å². The average Bonchev–Trinajstić information content (AvgIpc) is 3.60. The molecule has 5 rings (SSSR count). The highest BCUT2D eigenvalue weighted by Crippen LogP contribution is 2.35. The number of carbonyl (C=O) groups is 1. The van der Waals surface area contributed by atoms with Gasteiger partial charge < -0.3 is 25.1 Å². The summed E-state index contributed by atoms with van der Waals surface area (Å²) in [4.78, 5) is 28.4. The molecule has 2 aromatic heterocycles. The molecule has 0 aliphatic carbocycles. The average molecular weight is 520 g/mol. The van der Waals surface area contributed by atoms with E-state index in [0.717, 1.165) is 6.42 Å². The Labute approximate surface area is 215 Å². The van der Waals surface area contributed by atoms with Crippen molar-refractivity contribution in [2.24, 2.45) is 0 Å². The van der Waals surface area contributed by atoms with E-state index in [0.29, 0.717) is 46.9 Å². The van der Waals surface area contributed by atoms with Crippen LogP contribution in [0.4, 0.5) is 21.6 Å². The van der Waals surface area contributed by atoms with Gasteiger partial charge in [0.25, 0.3) is 5.91 Å². The highest BCUT2D eigenvalue weighted by molar-refractivity contribution is 6.31. The van der Waals surface area contributed by atoms with Crippen LogP contribution in [0.15, 0.2) is 54.8 Å².